The van der Waals surface area contributed by atoms with Crippen molar-refractivity contribution in [1.29, 1.82) is 5.26 Å². The van der Waals surface area contributed by atoms with Crippen molar-refractivity contribution in [3.8, 4) is 11.8 Å². The first-order chi connectivity index (χ1) is 8.54. The fourth-order valence-electron chi connectivity index (χ4n) is 1.71. The van der Waals surface area contributed by atoms with E-state index in [0.29, 0.717) is 6.42 Å². The molecule has 1 unspecified atom stereocenters. The summed E-state index contributed by atoms with van der Waals surface area (Å²) in [6.45, 7) is 5.67. The molecule has 1 aromatic rings. The van der Waals surface area contributed by atoms with Crippen LogP contribution in [0.4, 0.5) is 5.69 Å². The Balaban J connectivity index is 2.97. The van der Waals surface area contributed by atoms with E-state index in [9.17, 15) is 4.79 Å². The molecule has 1 N–H and O–H groups in total. The third-order valence-electron chi connectivity index (χ3n) is 3.10. The zero-order valence-corrected chi connectivity index (χ0v) is 11.2. The zero-order chi connectivity index (χ0) is 13.7. The van der Waals surface area contributed by atoms with Crippen LogP contribution in [0, 0.1) is 31.1 Å². The number of hydrogen-bond donors (Lipinski definition) is 1. The smallest absolute Gasteiger partial charge is 0.241 e. The molecule has 4 heteroatoms. The van der Waals surface area contributed by atoms with Gasteiger partial charge in [-0.1, -0.05) is 6.92 Å². The van der Waals surface area contributed by atoms with Crippen molar-refractivity contribution in [2.75, 3.05) is 12.4 Å². The van der Waals surface area contributed by atoms with E-state index < -0.39 is 5.92 Å². The van der Waals surface area contributed by atoms with Gasteiger partial charge in [0.2, 0.25) is 5.91 Å². The molecular weight excluding hydrogens is 228 g/mol. The molecular formula is C14H18N2O2. The number of amides is 1. The topological polar surface area (TPSA) is 62.1 Å². The van der Waals surface area contributed by atoms with E-state index in [4.69, 9.17) is 10.00 Å². The summed E-state index contributed by atoms with van der Waals surface area (Å²) in [5, 5.41) is 11.6. The van der Waals surface area contributed by atoms with Crippen LogP contribution in [-0.4, -0.2) is 13.0 Å². The van der Waals surface area contributed by atoms with Gasteiger partial charge in [0.25, 0.3) is 0 Å². The molecule has 0 bridgehead atoms. The van der Waals surface area contributed by atoms with E-state index in [1.54, 1.807) is 13.2 Å². The molecule has 4 nitrogen and oxygen atoms in total. The minimum absolute atomic E-state index is 0.257. The van der Waals surface area contributed by atoms with Gasteiger partial charge >= 0.3 is 0 Å². The lowest BCUT2D eigenvalue weighted by Gasteiger charge is -2.14. The molecule has 18 heavy (non-hydrogen) atoms. The number of nitrogens with one attached hydrogen (secondary N) is 1. The lowest BCUT2D eigenvalue weighted by Crippen LogP contribution is -2.21. The summed E-state index contributed by atoms with van der Waals surface area (Å²) in [7, 11) is 1.61. The second-order valence-electron chi connectivity index (χ2n) is 4.14. The minimum Gasteiger partial charge on any atom is -0.496 e. The Hall–Kier alpha value is -2.02. The molecule has 0 aliphatic carbocycles. The van der Waals surface area contributed by atoms with E-state index in [1.165, 1.54) is 0 Å². The van der Waals surface area contributed by atoms with E-state index in [0.717, 1.165) is 22.6 Å². The van der Waals surface area contributed by atoms with Gasteiger partial charge in [-0.3, -0.25) is 4.79 Å². The molecule has 0 fully saturated rings. The molecule has 1 aromatic carbocycles. The quantitative estimate of drug-likeness (QED) is 0.888. The summed E-state index contributed by atoms with van der Waals surface area (Å²) >= 11 is 0. The Bertz CT molecular complexity index is 489. The van der Waals surface area contributed by atoms with Crippen LogP contribution in [0.15, 0.2) is 12.1 Å². The first-order valence-electron chi connectivity index (χ1n) is 5.89. The monoisotopic (exact) mass is 246 g/mol. The summed E-state index contributed by atoms with van der Waals surface area (Å²) in [6.07, 6.45) is 0.510. The number of nitriles is 1. The third-order valence-corrected chi connectivity index (χ3v) is 3.10. The predicted molar refractivity (Wildman–Crippen MR) is 70.5 cm³/mol. The third kappa shape index (κ3) is 2.80. The number of carbonyl (C=O) groups is 1. The van der Waals surface area contributed by atoms with Crippen molar-refractivity contribution < 1.29 is 9.53 Å². The number of methoxy groups -OCH3 is 1. The van der Waals surface area contributed by atoms with Crippen LogP contribution in [-0.2, 0) is 4.79 Å². The number of anilines is 1. The number of nitrogens with zero attached hydrogens (tertiary/aromatic N) is 1. The summed E-state index contributed by atoms with van der Waals surface area (Å²) in [5.74, 6) is -0.0719. The molecule has 0 radical (unpaired) electrons. The maximum absolute atomic E-state index is 11.8. The van der Waals surface area contributed by atoms with Crippen LogP contribution in [0.5, 0.6) is 5.75 Å². The van der Waals surface area contributed by atoms with Crippen molar-refractivity contribution in [2.45, 2.75) is 27.2 Å². The van der Waals surface area contributed by atoms with Crippen LogP contribution in [0.1, 0.15) is 24.5 Å². The summed E-state index contributed by atoms with van der Waals surface area (Å²) in [4.78, 5) is 11.8. The predicted octanol–water partition coefficient (Wildman–Crippen LogP) is 2.80. The number of ether oxygens (including phenoxy) is 1. The molecule has 0 saturated carbocycles. The molecule has 0 aromatic heterocycles. The van der Waals surface area contributed by atoms with Gasteiger partial charge in [0.05, 0.1) is 13.2 Å². The molecule has 0 heterocycles. The zero-order valence-electron chi connectivity index (χ0n) is 11.2. The van der Waals surface area contributed by atoms with Crippen molar-refractivity contribution in [2.24, 2.45) is 5.92 Å². The Kier molecular flexibility index (Phi) is 4.73. The van der Waals surface area contributed by atoms with Gasteiger partial charge in [-0.05, 0) is 43.5 Å². The van der Waals surface area contributed by atoms with Crippen LogP contribution in [0.2, 0.25) is 0 Å². The lowest BCUT2D eigenvalue weighted by atomic mass is 10.0. The maximum Gasteiger partial charge on any atom is 0.241 e. The molecule has 96 valence electrons. The molecule has 1 amide bonds. The Morgan fingerprint density at radius 2 is 2.11 bits per heavy atom. The van der Waals surface area contributed by atoms with Gasteiger partial charge in [0.1, 0.15) is 11.7 Å². The van der Waals surface area contributed by atoms with E-state index in [2.05, 4.69) is 5.32 Å². The SMILES string of the molecule is CCC(C#N)C(=O)Nc1ccc(OC)c(C)c1C. The number of hydrogen-bond acceptors (Lipinski definition) is 3. The fourth-order valence-corrected chi connectivity index (χ4v) is 1.71. The van der Waals surface area contributed by atoms with E-state index in [-0.39, 0.29) is 5.91 Å². The Morgan fingerprint density at radius 3 is 2.61 bits per heavy atom. The van der Waals surface area contributed by atoms with Crippen LogP contribution in [0.3, 0.4) is 0 Å². The summed E-state index contributed by atoms with van der Waals surface area (Å²) < 4.78 is 5.21. The van der Waals surface area contributed by atoms with Gasteiger partial charge in [0.15, 0.2) is 0 Å². The van der Waals surface area contributed by atoms with Crippen LogP contribution < -0.4 is 10.1 Å². The standard InChI is InChI=1S/C14H18N2O2/c1-5-11(8-15)14(17)16-12-6-7-13(18-4)10(3)9(12)2/h6-7,11H,5H2,1-4H3,(H,16,17). The highest BCUT2D eigenvalue weighted by Crippen LogP contribution is 2.27. The Morgan fingerprint density at radius 1 is 1.44 bits per heavy atom. The molecule has 0 saturated heterocycles. The van der Waals surface area contributed by atoms with E-state index >= 15 is 0 Å². The number of rotatable bonds is 4. The number of carbonyl (C=O) groups excluding carboxylic acids is 1. The van der Waals surface area contributed by atoms with Gasteiger partial charge < -0.3 is 10.1 Å². The Labute approximate surface area is 108 Å². The van der Waals surface area contributed by atoms with Crippen molar-refractivity contribution in [1.82, 2.24) is 0 Å². The minimum atomic E-state index is -0.605. The molecule has 1 rings (SSSR count). The van der Waals surface area contributed by atoms with Crippen molar-refractivity contribution in [3.05, 3.63) is 23.3 Å². The normalized spacial score (nSPS) is 11.5. The van der Waals surface area contributed by atoms with Crippen molar-refractivity contribution in [3.63, 3.8) is 0 Å². The lowest BCUT2D eigenvalue weighted by molar-refractivity contribution is -0.118. The second kappa shape index (κ2) is 6.06. The van der Waals surface area contributed by atoms with Gasteiger partial charge in [-0.2, -0.15) is 5.26 Å². The maximum atomic E-state index is 11.8. The van der Waals surface area contributed by atoms with E-state index in [1.807, 2.05) is 32.9 Å². The largest absolute Gasteiger partial charge is 0.496 e. The molecule has 1 atom stereocenters. The summed E-state index contributed by atoms with van der Waals surface area (Å²) in [5.41, 5.74) is 2.67. The number of benzene rings is 1. The highest BCUT2D eigenvalue weighted by Gasteiger charge is 2.17. The van der Waals surface area contributed by atoms with Gasteiger partial charge in [0, 0.05) is 5.69 Å². The molecule has 0 aliphatic heterocycles. The summed E-state index contributed by atoms with van der Waals surface area (Å²) in [6, 6.07) is 5.60. The highest BCUT2D eigenvalue weighted by atomic mass is 16.5. The second-order valence-corrected chi connectivity index (χ2v) is 4.14. The first-order valence-corrected chi connectivity index (χ1v) is 5.89. The average Bonchev–Trinajstić information content (AvgIpc) is 2.37. The fraction of sp³-hybridized carbons (Fsp3) is 0.429. The molecule has 0 spiro atoms. The van der Waals surface area contributed by atoms with Crippen LogP contribution >= 0.6 is 0 Å². The van der Waals surface area contributed by atoms with Gasteiger partial charge in [-0.25, -0.2) is 0 Å². The van der Waals surface area contributed by atoms with Crippen molar-refractivity contribution >= 4 is 11.6 Å². The highest BCUT2D eigenvalue weighted by molar-refractivity contribution is 5.95. The average molecular weight is 246 g/mol. The molecule has 0 aliphatic rings. The first kappa shape index (κ1) is 14.0. The van der Waals surface area contributed by atoms with Crippen LogP contribution in [0.25, 0.3) is 0 Å². The van der Waals surface area contributed by atoms with Gasteiger partial charge in [-0.15, -0.1) is 0 Å².